The van der Waals surface area contributed by atoms with Gasteiger partial charge in [0.15, 0.2) is 0 Å². The maximum absolute atomic E-state index is 12.4. The van der Waals surface area contributed by atoms with Gasteiger partial charge in [-0.2, -0.15) is 5.26 Å². The van der Waals surface area contributed by atoms with Crippen LogP contribution in [0.15, 0.2) is 73.1 Å². The van der Waals surface area contributed by atoms with Crippen molar-refractivity contribution in [3.05, 3.63) is 89.9 Å². The highest BCUT2D eigenvalue weighted by molar-refractivity contribution is 6.04. The van der Waals surface area contributed by atoms with Crippen molar-refractivity contribution in [2.75, 3.05) is 18.5 Å². The molecule has 6 heteroatoms. The molecule has 0 spiro atoms. The average molecular weight is 408 g/mol. The van der Waals surface area contributed by atoms with Gasteiger partial charge in [0, 0.05) is 41.7 Å². The maximum Gasteiger partial charge on any atom is 0.257 e. The van der Waals surface area contributed by atoms with E-state index in [1.165, 1.54) is 11.8 Å². The summed E-state index contributed by atoms with van der Waals surface area (Å²) in [7, 11) is 0. The van der Waals surface area contributed by atoms with Crippen molar-refractivity contribution in [1.29, 1.82) is 5.26 Å². The Hall–Kier alpha value is -3.95. The second kappa shape index (κ2) is 8.05. The molecule has 152 valence electrons. The summed E-state index contributed by atoms with van der Waals surface area (Å²) >= 11 is 0. The number of fused-ring (bicyclic) bond motifs is 1. The SMILES string of the molecule is N#Cc1cc2c(C3CCOC3)cccc2n1-c1ccc(NC(=O)c2cccnc2)cc1. The summed E-state index contributed by atoms with van der Waals surface area (Å²) in [5, 5.41) is 13.7. The number of rotatable bonds is 4. The van der Waals surface area contributed by atoms with E-state index in [1.54, 1.807) is 18.3 Å². The molecule has 1 aliphatic rings. The van der Waals surface area contributed by atoms with Crippen molar-refractivity contribution in [2.24, 2.45) is 0 Å². The van der Waals surface area contributed by atoms with Crippen LogP contribution in [-0.4, -0.2) is 28.7 Å². The smallest absolute Gasteiger partial charge is 0.257 e. The van der Waals surface area contributed by atoms with Gasteiger partial charge in [0.2, 0.25) is 0 Å². The van der Waals surface area contributed by atoms with E-state index in [9.17, 15) is 10.1 Å². The number of nitrogens with zero attached hydrogens (tertiary/aromatic N) is 3. The third-order valence-electron chi connectivity index (χ3n) is 5.67. The van der Waals surface area contributed by atoms with E-state index in [0.717, 1.165) is 36.2 Å². The zero-order valence-corrected chi connectivity index (χ0v) is 16.8. The number of carbonyl (C=O) groups excluding carboxylic acids is 1. The molecule has 1 amide bonds. The summed E-state index contributed by atoms with van der Waals surface area (Å²) in [6, 6.07) is 21.4. The Kier molecular flexibility index (Phi) is 4.95. The molecule has 2 aromatic carbocycles. The van der Waals surface area contributed by atoms with E-state index in [-0.39, 0.29) is 5.91 Å². The number of nitriles is 1. The lowest BCUT2D eigenvalue weighted by atomic mass is 9.95. The number of aromatic nitrogens is 2. The largest absolute Gasteiger partial charge is 0.381 e. The highest BCUT2D eigenvalue weighted by Crippen LogP contribution is 2.34. The standard InChI is InChI=1S/C25H20N4O2/c26-14-21-13-23-22(18-10-12-31-16-18)4-1-5-24(23)29(21)20-8-6-19(7-9-20)28-25(30)17-3-2-11-27-15-17/h1-9,11,13,15,18H,10,12,16H2,(H,28,30). The summed E-state index contributed by atoms with van der Waals surface area (Å²) in [5.74, 6) is 0.143. The number of carbonyl (C=O) groups is 1. The average Bonchev–Trinajstić information content (AvgIpc) is 3.48. The first kappa shape index (κ1) is 19.0. The Labute approximate surface area is 179 Å². The van der Waals surface area contributed by atoms with E-state index in [0.29, 0.717) is 22.9 Å². The molecule has 0 aliphatic carbocycles. The highest BCUT2D eigenvalue weighted by Gasteiger charge is 2.22. The lowest BCUT2D eigenvalue weighted by Crippen LogP contribution is -2.12. The van der Waals surface area contributed by atoms with Gasteiger partial charge in [0.05, 0.1) is 17.7 Å². The van der Waals surface area contributed by atoms with E-state index < -0.39 is 0 Å². The topological polar surface area (TPSA) is 79.9 Å². The van der Waals surface area contributed by atoms with E-state index in [4.69, 9.17) is 4.74 Å². The zero-order valence-electron chi connectivity index (χ0n) is 16.8. The number of amides is 1. The summed E-state index contributed by atoms with van der Waals surface area (Å²) in [6.45, 7) is 1.50. The van der Waals surface area contributed by atoms with Crippen LogP contribution in [0.3, 0.4) is 0 Å². The van der Waals surface area contributed by atoms with Gasteiger partial charge < -0.3 is 14.6 Å². The molecule has 0 bridgehead atoms. The minimum Gasteiger partial charge on any atom is -0.381 e. The molecule has 1 unspecified atom stereocenters. The second-order valence-electron chi connectivity index (χ2n) is 7.56. The van der Waals surface area contributed by atoms with Crippen LogP contribution in [0.1, 0.15) is 34.0 Å². The number of hydrogen-bond donors (Lipinski definition) is 1. The molecule has 1 N–H and O–H groups in total. The Bertz CT molecular complexity index is 1280. The summed E-state index contributed by atoms with van der Waals surface area (Å²) < 4.78 is 7.53. The molecule has 0 radical (unpaired) electrons. The molecular formula is C25H20N4O2. The van der Waals surface area contributed by atoms with Crippen molar-refractivity contribution >= 4 is 22.5 Å². The van der Waals surface area contributed by atoms with Gasteiger partial charge >= 0.3 is 0 Å². The molecule has 2 aromatic heterocycles. The molecule has 4 aromatic rings. The summed E-state index contributed by atoms with van der Waals surface area (Å²) in [4.78, 5) is 16.3. The predicted octanol–water partition coefficient (Wildman–Crippen LogP) is 4.65. The Balaban J connectivity index is 1.48. The number of benzene rings is 2. The first-order chi connectivity index (χ1) is 15.2. The Morgan fingerprint density at radius 1 is 1.16 bits per heavy atom. The van der Waals surface area contributed by atoms with Gasteiger partial charge in [-0.05, 0) is 60.5 Å². The van der Waals surface area contributed by atoms with Crippen molar-refractivity contribution in [3.8, 4) is 11.8 Å². The van der Waals surface area contributed by atoms with Crippen LogP contribution >= 0.6 is 0 Å². The van der Waals surface area contributed by atoms with E-state index >= 15 is 0 Å². The third-order valence-corrected chi connectivity index (χ3v) is 5.67. The van der Waals surface area contributed by atoms with Crippen LogP contribution in [0, 0.1) is 11.3 Å². The summed E-state index contributed by atoms with van der Waals surface area (Å²) in [6.07, 6.45) is 4.16. The molecular weight excluding hydrogens is 388 g/mol. The zero-order chi connectivity index (χ0) is 21.2. The van der Waals surface area contributed by atoms with Crippen molar-refractivity contribution in [3.63, 3.8) is 0 Å². The van der Waals surface area contributed by atoms with Gasteiger partial charge in [-0.1, -0.05) is 12.1 Å². The van der Waals surface area contributed by atoms with Crippen LogP contribution in [0.4, 0.5) is 5.69 Å². The van der Waals surface area contributed by atoms with Crippen LogP contribution in [0.2, 0.25) is 0 Å². The molecule has 1 aliphatic heterocycles. The second-order valence-corrected chi connectivity index (χ2v) is 7.56. The lowest BCUT2D eigenvalue weighted by Gasteiger charge is -2.12. The molecule has 3 heterocycles. The van der Waals surface area contributed by atoms with Crippen LogP contribution in [-0.2, 0) is 4.74 Å². The van der Waals surface area contributed by atoms with Gasteiger partial charge in [0.25, 0.3) is 5.91 Å². The number of ether oxygens (including phenoxy) is 1. The fraction of sp³-hybridized carbons (Fsp3) is 0.160. The lowest BCUT2D eigenvalue weighted by molar-refractivity contribution is 0.102. The fourth-order valence-electron chi connectivity index (χ4n) is 4.14. The highest BCUT2D eigenvalue weighted by atomic mass is 16.5. The normalized spacial score (nSPS) is 15.6. The third kappa shape index (κ3) is 3.56. The van der Waals surface area contributed by atoms with Gasteiger partial charge in [0.1, 0.15) is 11.8 Å². The fourth-order valence-corrected chi connectivity index (χ4v) is 4.14. The molecule has 6 nitrogen and oxygen atoms in total. The quantitative estimate of drug-likeness (QED) is 0.533. The predicted molar refractivity (Wildman–Crippen MR) is 118 cm³/mol. The van der Waals surface area contributed by atoms with E-state index in [1.807, 2.05) is 47.0 Å². The molecule has 1 atom stereocenters. The van der Waals surface area contributed by atoms with Gasteiger partial charge in [-0.25, -0.2) is 0 Å². The monoisotopic (exact) mass is 408 g/mol. The minimum absolute atomic E-state index is 0.214. The molecule has 1 saturated heterocycles. The molecule has 1 fully saturated rings. The van der Waals surface area contributed by atoms with Crippen molar-refractivity contribution in [1.82, 2.24) is 9.55 Å². The van der Waals surface area contributed by atoms with Gasteiger partial charge in [-0.15, -0.1) is 0 Å². The first-order valence-corrected chi connectivity index (χ1v) is 10.2. The van der Waals surface area contributed by atoms with Crippen molar-refractivity contribution in [2.45, 2.75) is 12.3 Å². The number of hydrogen-bond acceptors (Lipinski definition) is 4. The van der Waals surface area contributed by atoms with Crippen LogP contribution in [0.25, 0.3) is 16.6 Å². The minimum atomic E-state index is -0.214. The van der Waals surface area contributed by atoms with Crippen LogP contribution in [0.5, 0.6) is 0 Å². The maximum atomic E-state index is 12.4. The number of nitrogens with one attached hydrogen (secondary N) is 1. The number of anilines is 1. The van der Waals surface area contributed by atoms with Crippen molar-refractivity contribution < 1.29 is 9.53 Å². The molecule has 31 heavy (non-hydrogen) atoms. The summed E-state index contributed by atoms with van der Waals surface area (Å²) in [5.41, 5.74) is 4.84. The Morgan fingerprint density at radius 2 is 2.03 bits per heavy atom. The van der Waals surface area contributed by atoms with E-state index in [2.05, 4.69) is 22.4 Å². The van der Waals surface area contributed by atoms with Gasteiger partial charge in [-0.3, -0.25) is 9.78 Å². The van der Waals surface area contributed by atoms with Crippen LogP contribution < -0.4 is 5.32 Å². The molecule has 5 rings (SSSR count). The first-order valence-electron chi connectivity index (χ1n) is 10.2. The molecule has 0 saturated carbocycles. The number of pyridine rings is 1. The Morgan fingerprint density at radius 3 is 2.74 bits per heavy atom.